The van der Waals surface area contributed by atoms with Crippen molar-refractivity contribution in [3.05, 3.63) is 96.8 Å². The molecule has 37 heavy (non-hydrogen) atoms. The lowest BCUT2D eigenvalue weighted by Crippen LogP contribution is -2.28. The van der Waals surface area contributed by atoms with Crippen LogP contribution in [0.15, 0.2) is 90.3 Å². The van der Waals surface area contributed by atoms with Gasteiger partial charge in [-0.25, -0.2) is 13.4 Å². The highest BCUT2D eigenvalue weighted by molar-refractivity contribution is 7.89. The van der Waals surface area contributed by atoms with Gasteiger partial charge in [0.2, 0.25) is 10.0 Å². The Kier molecular flexibility index (Phi) is 8.63. The Labute approximate surface area is 219 Å². The van der Waals surface area contributed by atoms with Gasteiger partial charge in [0.05, 0.1) is 36.2 Å². The van der Waals surface area contributed by atoms with E-state index in [4.69, 9.17) is 14.5 Å². The third-order valence-corrected chi connectivity index (χ3v) is 8.01. The van der Waals surface area contributed by atoms with Gasteiger partial charge in [0.1, 0.15) is 5.82 Å². The SMILES string of the molecule is C=CCc1ccc(OCCCCn2c(CN(C)S(=O)(=O)c3ccccc3)nc3ccccc32)c(OC)c1. The summed E-state index contributed by atoms with van der Waals surface area (Å²) in [5.41, 5.74) is 2.96. The average Bonchev–Trinajstić information content (AvgIpc) is 3.26. The summed E-state index contributed by atoms with van der Waals surface area (Å²) in [4.78, 5) is 5.02. The first kappa shape index (κ1) is 26.4. The van der Waals surface area contributed by atoms with Crippen LogP contribution in [0.3, 0.4) is 0 Å². The normalized spacial score (nSPS) is 11.6. The molecule has 0 unspecified atom stereocenters. The lowest BCUT2D eigenvalue weighted by molar-refractivity contribution is 0.283. The van der Waals surface area contributed by atoms with E-state index in [1.54, 1.807) is 44.5 Å². The molecule has 0 aliphatic heterocycles. The molecule has 0 atom stereocenters. The molecule has 8 heteroatoms. The van der Waals surface area contributed by atoms with Gasteiger partial charge in [0, 0.05) is 13.6 Å². The molecular weight excluding hydrogens is 486 g/mol. The maximum atomic E-state index is 13.1. The third-order valence-electron chi connectivity index (χ3n) is 6.19. The monoisotopic (exact) mass is 519 g/mol. The molecule has 0 fully saturated rings. The number of imidazole rings is 1. The fourth-order valence-electron chi connectivity index (χ4n) is 4.23. The first-order valence-corrected chi connectivity index (χ1v) is 13.7. The molecule has 194 valence electrons. The summed E-state index contributed by atoms with van der Waals surface area (Å²) < 4.78 is 41.1. The minimum absolute atomic E-state index is 0.177. The molecule has 1 heterocycles. The molecule has 0 aliphatic carbocycles. The van der Waals surface area contributed by atoms with Crippen molar-refractivity contribution in [2.45, 2.75) is 37.2 Å². The number of benzene rings is 3. The Balaban J connectivity index is 1.42. The maximum absolute atomic E-state index is 13.1. The number of hydrogen-bond donors (Lipinski definition) is 0. The van der Waals surface area contributed by atoms with Gasteiger partial charge in [0.25, 0.3) is 0 Å². The molecule has 3 aromatic carbocycles. The second-order valence-electron chi connectivity index (χ2n) is 8.78. The minimum atomic E-state index is -3.62. The number of ether oxygens (including phenoxy) is 2. The molecule has 4 aromatic rings. The maximum Gasteiger partial charge on any atom is 0.243 e. The van der Waals surface area contributed by atoms with Gasteiger partial charge in [-0.05, 0) is 61.2 Å². The van der Waals surface area contributed by atoms with Crippen molar-refractivity contribution >= 4 is 21.1 Å². The van der Waals surface area contributed by atoms with Gasteiger partial charge in [-0.1, -0.05) is 42.5 Å². The van der Waals surface area contributed by atoms with E-state index >= 15 is 0 Å². The highest BCUT2D eigenvalue weighted by atomic mass is 32.2. The number of unbranched alkanes of at least 4 members (excludes halogenated alkanes) is 1. The van der Waals surface area contributed by atoms with E-state index in [1.807, 2.05) is 48.5 Å². The Hall–Kier alpha value is -3.62. The van der Waals surface area contributed by atoms with Crippen molar-refractivity contribution in [2.75, 3.05) is 20.8 Å². The van der Waals surface area contributed by atoms with Crippen molar-refractivity contribution in [1.82, 2.24) is 13.9 Å². The van der Waals surface area contributed by atoms with Crippen molar-refractivity contribution in [3.8, 4) is 11.5 Å². The minimum Gasteiger partial charge on any atom is -0.493 e. The number of para-hydroxylation sites is 2. The van der Waals surface area contributed by atoms with Gasteiger partial charge in [-0.15, -0.1) is 6.58 Å². The lowest BCUT2D eigenvalue weighted by atomic mass is 10.1. The van der Waals surface area contributed by atoms with Gasteiger partial charge >= 0.3 is 0 Å². The summed E-state index contributed by atoms with van der Waals surface area (Å²) in [5, 5.41) is 0. The molecule has 0 bridgehead atoms. The second kappa shape index (κ2) is 12.1. The van der Waals surface area contributed by atoms with Crippen LogP contribution in [0.5, 0.6) is 11.5 Å². The Morgan fingerprint density at radius 3 is 2.51 bits per heavy atom. The topological polar surface area (TPSA) is 73.7 Å². The first-order chi connectivity index (χ1) is 17.9. The van der Waals surface area contributed by atoms with Crippen LogP contribution in [0, 0.1) is 0 Å². The molecule has 4 rings (SSSR count). The van der Waals surface area contributed by atoms with E-state index in [-0.39, 0.29) is 11.4 Å². The van der Waals surface area contributed by atoms with E-state index in [0.29, 0.717) is 24.7 Å². The fraction of sp³-hybridized carbons (Fsp3) is 0.276. The van der Waals surface area contributed by atoms with Gasteiger partial charge in [-0.3, -0.25) is 0 Å². The molecule has 0 saturated heterocycles. The summed E-state index contributed by atoms with van der Waals surface area (Å²) in [7, 11) is -0.392. The zero-order valence-electron chi connectivity index (χ0n) is 21.3. The highest BCUT2D eigenvalue weighted by Crippen LogP contribution is 2.28. The van der Waals surface area contributed by atoms with Gasteiger partial charge in [-0.2, -0.15) is 4.31 Å². The van der Waals surface area contributed by atoms with E-state index in [0.717, 1.165) is 41.6 Å². The van der Waals surface area contributed by atoms with E-state index in [2.05, 4.69) is 11.1 Å². The predicted octanol–water partition coefficient (Wildman–Crippen LogP) is 5.45. The van der Waals surface area contributed by atoms with Crippen molar-refractivity contribution in [1.29, 1.82) is 0 Å². The van der Waals surface area contributed by atoms with Crippen LogP contribution in [-0.2, 0) is 29.5 Å². The number of allylic oxidation sites excluding steroid dienone is 1. The Bertz CT molecular complexity index is 1450. The predicted molar refractivity (Wildman–Crippen MR) is 146 cm³/mol. The van der Waals surface area contributed by atoms with Crippen molar-refractivity contribution in [2.24, 2.45) is 0 Å². The van der Waals surface area contributed by atoms with Gasteiger partial charge in [0.15, 0.2) is 11.5 Å². The van der Waals surface area contributed by atoms with Crippen LogP contribution in [0.4, 0.5) is 0 Å². The molecule has 1 aromatic heterocycles. The smallest absolute Gasteiger partial charge is 0.243 e. The highest BCUT2D eigenvalue weighted by Gasteiger charge is 2.23. The fourth-order valence-corrected chi connectivity index (χ4v) is 5.38. The van der Waals surface area contributed by atoms with E-state index in [9.17, 15) is 8.42 Å². The molecule has 0 N–H and O–H groups in total. The van der Waals surface area contributed by atoms with E-state index in [1.165, 1.54) is 4.31 Å². The van der Waals surface area contributed by atoms with Crippen LogP contribution in [0.2, 0.25) is 0 Å². The molecule has 0 saturated carbocycles. The molecule has 0 radical (unpaired) electrons. The van der Waals surface area contributed by atoms with Crippen molar-refractivity contribution in [3.63, 3.8) is 0 Å². The lowest BCUT2D eigenvalue weighted by Gasteiger charge is -2.18. The second-order valence-corrected chi connectivity index (χ2v) is 10.8. The summed E-state index contributed by atoms with van der Waals surface area (Å²) in [6, 6.07) is 22.3. The Morgan fingerprint density at radius 1 is 1.00 bits per heavy atom. The standard InChI is InChI=1S/C29H33N3O4S/c1-4-12-23-17-18-27(28(21-23)35-3)36-20-11-10-19-32-26-16-9-8-15-25(26)30-29(32)22-31(2)37(33,34)24-13-6-5-7-14-24/h4-9,13-18,21H,1,10-12,19-20,22H2,2-3H3. The van der Waals surface area contributed by atoms with Crippen LogP contribution in [-0.4, -0.2) is 43.0 Å². The summed E-state index contributed by atoms with van der Waals surface area (Å²) in [6.07, 6.45) is 4.30. The largest absolute Gasteiger partial charge is 0.493 e. The number of aryl methyl sites for hydroxylation is 1. The molecule has 7 nitrogen and oxygen atoms in total. The Morgan fingerprint density at radius 2 is 1.76 bits per heavy atom. The quantitative estimate of drug-likeness (QED) is 0.173. The van der Waals surface area contributed by atoms with Crippen LogP contribution in [0.1, 0.15) is 24.2 Å². The number of hydrogen-bond acceptors (Lipinski definition) is 5. The average molecular weight is 520 g/mol. The van der Waals surface area contributed by atoms with Crippen LogP contribution < -0.4 is 9.47 Å². The number of fused-ring (bicyclic) bond motifs is 1. The number of methoxy groups -OCH3 is 1. The first-order valence-electron chi connectivity index (χ1n) is 12.3. The summed E-state index contributed by atoms with van der Waals surface area (Å²) in [6.45, 7) is 5.20. The number of sulfonamides is 1. The molecule has 0 amide bonds. The summed E-state index contributed by atoms with van der Waals surface area (Å²) in [5.74, 6) is 2.14. The number of rotatable bonds is 13. The third kappa shape index (κ3) is 6.21. The summed E-state index contributed by atoms with van der Waals surface area (Å²) >= 11 is 0. The number of aromatic nitrogens is 2. The zero-order valence-corrected chi connectivity index (χ0v) is 22.2. The zero-order chi connectivity index (χ0) is 26.3. The van der Waals surface area contributed by atoms with Crippen LogP contribution >= 0.6 is 0 Å². The molecule has 0 spiro atoms. The van der Waals surface area contributed by atoms with Gasteiger partial charge < -0.3 is 14.0 Å². The molecule has 0 aliphatic rings. The molecular formula is C29H33N3O4S. The van der Waals surface area contributed by atoms with E-state index < -0.39 is 10.0 Å². The van der Waals surface area contributed by atoms with Crippen molar-refractivity contribution < 1.29 is 17.9 Å². The van der Waals surface area contributed by atoms with Crippen LogP contribution in [0.25, 0.3) is 11.0 Å². The number of nitrogens with zero attached hydrogens (tertiary/aromatic N) is 3.